The van der Waals surface area contributed by atoms with E-state index in [9.17, 15) is 14.4 Å². The van der Waals surface area contributed by atoms with Crippen LogP contribution in [0.25, 0.3) is 11.0 Å². The zero-order valence-electron chi connectivity index (χ0n) is 17.1. The summed E-state index contributed by atoms with van der Waals surface area (Å²) in [4.78, 5) is 44.4. The number of benzene rings is 1. The highest BCUT2D eigenvalue weighted by Crippen LogP contribution is 2.27. The number of pyridine rings is 1. The van der Waals surface area contributed by atoms with Gasteiger partial charge in [-0.05, 0) is 31.4 Å². The SMILES string of the molecule is CC1(NC(=O)c2cnc3c(c2)c(=O)[nH]c(=O)n3Cc2ccccc2)CCCCCC1. The summed E-state index contributed by atoms with van der Waals surface area (Å²) < 4.78 is 1.42. The van der Waals surface area contributed by atoms with Gasteiger partial charge in [0.15, 0.2) is 0 Å². The number of aromatic nitrogens is 3. The largest absolute Gasteiger partial charge is 0.347 e. The standard InChI is InChI=1S/C23H26N4O3/c1-23(11-7-2-3-8-12-23)26-20(28)17-13-18-19(24-14-17)27(22(30)25-21(18)29)15-16-9-5-4-6-10-16/h4-6,9-10,13-14H,2-3,7-8,11-12,15H2,1H3,(H,26,28)(H,25,29,30). The molecule has 1 aliphatic rings. The van der Waals surface area contributed by atoms with Crippen LogP contribution in [0.2, 0.25) is 0 Å². The van der Waals surface area contributed by atoms with Crippen molar-refractivity contribution < 1.29 is 4.79 Å². The van der Waals surface area contributed by atoms with E-state index in [1.165, 1.54) is 29.7 Å². The fraction of sp³-hybridized carbons (Fsp3) is 0.391. The summed E-state index contributed by atoms with van der Waals surface area (Å²) >= 11 is 0. The zero-order chi connectivity index (χ0) is 21.1. The van der Waals surface area contributed by atoms with Crippen LogP contribution in [0.3, 0.4) is 0 Å². The molecule has 2 heterocycles. The topological polar surface area (TPSA) is 96.8 Å². The van der Waals surface area contributed by atoms with Gasteiger partial charge >= 0.3 is 5.69 Å². The van der Waals surface area contributed by atoms with E-state index >= 15 is 0 Å². The van der Waals surface area contributed by atoms with Crippen LogP contribution in [0.1, 0.15) is 61.4 Å². The number of hydrogen-bond acceptors (Lipinski definition) is 4. The Morgan fingerprint density at radius 1 is 1.13 bits per heavy atom. The highest BCUT2D eigenvalue weighted by atomic mass is 16.2. The molecule has 30 heavy (non-hydrogen) atoms. The van der Waals surface area contributed by atoms with Crippen LogP contribution in [0.5, 0.6) is 0 Å². The molecule has 0 unspecified atom stereocenters. The summed E-state index contributed by atoms with van der Waals surface area (Å²) in [6.07, 6.45) is 7.90. The van der Waals surface area contributed by atoms with Crippen molar-refractivity contribution in [3.05, 3.63) is 74.6 Å². The number of aromatic amines is 1. The zero-order valence-corrected chi connectivity index (χ0v) is 17.1. The molecule has 1 amide bonds. The number of H-pyrrole nitrogens is 1. The Labute approximate surface area is 174 Å². The van der Waals surface area contributed by atoms with Crippen LogP contribution in [0, 0.1) is 0 Å². The van der Waals surface area contributed by atoms with E-state index in [1.54, 1.807) is 0 Å². The first-order valence-electron chi connectivity index (χ1n) is 10.4. The van der Waals surface area contributed by atoms with Gasteiger partial charge < -0.3 is 5.32 Å². The lowest BCUT2D eigenvalue weighted by Crippen LogP contribution is -2.45. The molecular formula is C23H26N4O3. The maximum atomic E-state index is 12.9. The molecule has 1 saturated carbocycles. The third kappa shape index (κ3) is 4.20. The summed E-state index contributed by atoms with van der Waals surface area (Å²) in [7, 11) is 0. The van der Waals surface area contributed by atoms with E-state index < -0.39 is 11.2 Å². The number of amides is 1. The first kappa shape index (κ1) is 20.1. The average molecular weight is 406 g/mol. The molecule has 1 fully saturated rings. The van der Waals surface area contributed by atoms with Crippen LogP contribution in [0.4, 0.5) is 0 Å². The Kier molecular flexibility index (Phi) is 5.53. The van der Waals surface area contributed by atoms with Gasteiger partial charge in [0.1, 0.15) is 5.65 Å². The summed E-state index contributed by atoms with van der Waals surface area (Å²) in [5.74, 6) is -0.242. The highest BCUT2D eigenvalue weighted by molar-refractivity contribution is 5.97. The summed E-state index contributed by atoms with van der Waals surface area (Å²) in [6, 6.07) is 11.0. The summed E-state index contributed by atoms with van der Waals surface area (Å²) in [6.45, 7) is 2.36. The molecule has 156 valence electrons. The van der Waals surface area contributed by atoms with Gasteiger partial charge in [-0.15, -0.1) is 0 Å². The Morgan fingerprint density at radius 3 is 2.53 bits per heavy atom. The Hall–Kier alpha value is -3.22. The molecule has 7 heteroatoms. The predicted molar refractivity (Wildman–Crippen MR) is 116 cm³/mol. The number of carbonyl (C=O) groups excluding carboxylic acids is 1. The molecule has 2 N–H and O–H groups in total. The average Bonchev–Trinajstić information content (AvgIpc) is 2.95. The van der Waals surface area contributed by atoms with Gasteiger partial charge in [0, 0.05) is 11.7 Å². The van der Waals surface area contributed by atoms with Gasteiger partial charge in [0.05, 0.1) is 17.5 Å². The molecule has 4 rings (SSSR count). The predicted octanol–water partition coefficient (Wildman–Crippen LogP) is 2.98. The van der Waals surface area contributed by atoms with Crippen molar-refractivity contribution in [2.45, 2.75) is 57.5 Å². The van der Waals surface area contributed by atoms with Gasteiger partial charge in [0.25, 0.3) is 11.5 Å². The molecule has 7 nitrogen and oxygen atoms in total. The first-order valence-corrected chi connectivity index (χ1v) is 10.4. The highest BCUT2D eigenvalue weighted by Gasteiger charge is 2.28. The van der Waals surface area contributed by atoms with E-state index in [1.807, 2.05) is 30.3 Å². The van der Waals surface area contributed by atoms with E-state index in [0.717, 1.165) is 31.2 Å². The van der Waals surface area contributed by atoms with Gasteiger partial charge in [-0.25, -0.2) is 9.78 Å². The number of nitrogens with one attached hydrogen (secondary N) is 2. The molecule has 0 radical (unpaired) electrons. The number of fused-ring (bicyclic) bond motifs is 1. The minimum atomic E-state index is -0.540. The number of rotatable bonds is 4. The van der Waals surface area contributed by atoms with Crippen molar-refractivity contribution in [2.24, 2.45) is 0 Å². The number of nitrogens with zero attached hydrogens (tertiary/aromatic N) is 2. The minimum absolute atomic E-state index is 0.226. The van der Waals surface area contributed by atoms with Gasteiger partial charge in [-0.2, -0.15) is 0 Å². The Bertz CT molecular complexity index is 1170. The van der Waals surface area contributed by atoms with Crippen molar-refractivity contribution in [1.82, 2.24) is 19.9 Å². The lowest BCUT2D eigenvalue weighted by Gasteiger charge is -2.29. The molecule has 1 aromatic carbocycles. The lowest BCUT2D eigenvalue weighted by molar-refractivity contribution is 0.0897. The fourth-order valence-electron chi connectivity index (χ4n) is 4.18. The number of hydrogen-bond donors (Lipinski definition) is 2. The van der Waals surface area contributed by atoms with Crippen molar-refractivity contribution >= 4 is 16.9 Å². The Balaban J connectivity index is 1.68. The van der Waals surface area contributed by atoms with Gasteiger partial charge in [-0.3, -0.25) is 19.1 Å². The monoisotopic (exact) mass is 406 g/mol. The van der Waals surface area contributed by atoms with Crippen molar-refractivity contribution in [3.63, 3.8) is 0 Å². The third-order valence-corrected chi connectivity index (χ3v) is 5.90. The molecular weight excluding hydrogens is 380 g/mol. The smallest absolute Gasteiger partial charge is 0.330 e. The molecule has 1 aliphatic carbocycles. The van der Waals surface area contributed by atoms with Crippen molar-refractivity contribution in [3.8, 4) is 0 Å². The summed E-state index contributed by atoms with van der Waals surface area (Å²) in [5.41, 5.74) is 0.196. The fourth-order valence-corrected chi connectivity index (χ4v) is 4.18. The Morgan fingerprint density at radius 2 is 1.83 bits per heavy atom. The minimum Gasteiger partial charge on any atom is -0.347 e. The van der Waals surface area contributed by atoms with Crippen LogP contribution in [0.15, 0.2) is 52.2 Å². The first-order chi connectivity index (χ1) is 14.5. The molecule has 3 aromatic rings. The molecule has 2 aromatic heterocycles. The normalized spacial score (nSPS) is 16.2. The van der Waals surface area contributed by atoms with Crippen LogP contribution >= 0.6 is 0 Å². The lowest BCUT2D eigenvalue weighted by atomic mass is 9.92. The molecule has 0 aliphatic heterocycles. The van der Waals surface area contributed by atoms with E-state index in [0.29, 0.717) is 5.56 Å². The van der Waals surface area contributed by atoms with E-state index in [2.05, 4.69) is 22.2 Å². The van der Waals surface area contributed by atoms with Gasteiger partial charge in [0.2, 0.25) is 0 Å². The third-order valence-electron chi connectivity index (χ3n) is 5.90. The maximum absolute atomic E-state index is 12.9. The van der Waals surface area contributed by atoms with Crippen molar-refractivity contribution in [1.29, 1.82) is 0 Å². The quantitative estimate of drug-likeness (QED) is 0.651. The second-order valence-corrected chi connectivity index (χ2v) is 8.36. The molecule has 0 atom stereocenters. The maximum Gasteiger partial charge on any atom is 0.330 e. The molecule has 0 saturated heterocycles. The second kappa shape index (κ2) is 8.26. The van der Waals surface area contributed by atoms with Crippen LogP contribution in [-0.2, 0) is 6.54 Å². The number of carbonyl (C=O) groups is 1. The van der Waals surface area contributed by atoms with E-state index in [-0.39, 0.29) is 29.0 Å². The van der Waals surface area contributed by atoms with Gasteiger partial charge in [-0.1, -0.05) is 56.0 Å². The van der Waals surface area contributed by atoms with Crippen molar-refractivity contribution in [2.75, 3.05) is 0 Å². The molecule has 0 spiro atoms. The van der Waals surface area contributed by atoms with Crippen LogP contribution in [-0.4, -0.2) is 26.0 Å². The summed E-state index contributed by atoms with van der Waals surface area (Å²) in [5, 5.41) is 3.37. The van der Waals surface area contributed by atoms with Crippen LogP contribution < -0.4 is 16.6 Å². The second-order valence-electron chi connectivity index (χ2n) is 8.36. The van der Waals surface area contributed by atoms with E-state index in [4.69, 9.17) is 0 Å². The molecule has 0 bridgehead atoms.